The first-order valence-electron chi connectivity index (χ1n) is 10.4. The number of rotatable bonds is 15. The zero-order valence-electron chi connectivity index (χ0n) is 16.7. The first-order valence-corrected chi connectivity index (χ1v) is 10.8. The summed E-state index contributed by atoms with van der Waals surface area (Å²) in [5.74, 6) is 0.390. The van der Waals surface area contributed by atoms with Crippen LogP contribution in [0.3, 0.4) is 0 Å². The van der Waals surface area contributed by atoms with Gasteiger partial charge in [0.1, 0.15) is 5.75 Å². The molecule has 1 aromatic rings. The number of hydrogen-bond donors (Lipinski definition) is 0. The summed E-state index contributed by atoms with van der Waals surface area (Å²) < 4.78 is 10.9. The lowest BCUT2D eigenvalue weighted by Gasteiger charge is -2.15. The lowest BCUT2D eigenvalue weighted by atomic mass is 10.0. The smallest absolute Gasteiger partial charge is 0.340 e. The average molecular weight is 381 g/mol. The third-order valence-corrected chi connectivity index (χ3v) is 5.06. The van der Waals surface area contributed by atoms with Crippen LogP contribution in [0.4, 0.5) is 0 Å². The summed E-state index contributed by atoms with van der Waals surface area (Å²) in [6.45, 7) is 4.35. The van der Waals surface area contributed by atoms with Crippen molar-refractivity contribution in [1.29, 1.82) is 0 Å². The molecule has 4 heteroatoms. The summed E-state index contributed by atoms with van der Waals surface area (Å²) in [5, 5.41) is 0. The zero-order valence-corrected chi connectivity index (χ0v) is 17.8. The summed E-state index contributed by atoms with van der Waals surface area (Å²) in [5.41, 5.74) is 1.12. The Bertz CT molecular complexity index is 490. The highest BCUT2D eigenvalue weighted by atomic mass is 31.0. The maximum Gasteiger partial charge on any atom is 0.340 e. The second-order valence-corrected chi connectivity index (χ2v) is 7.29. The molecule has 0 aromatic heterocycles. The van der Waals surface area contributed by atoms with E-state index in [2.05, 4.69) is 29.4 Å². The van der Waals surface area contributed by atoms with E-state index in [0.717, 1.165) is 31.2 Å². The molecule has 0 amide bonds. The van der Waals surface area contributed by atoms with Crippen molar-refractivity contribution in [3.63, 3.8) is 0 Å². The molecule has 1 rings (SSSR count). The molecule has 0 radical (unpaired) electrons. The minimum absolute atomic E-state index is 0.295. The Morgan fingerprint density at radius 2 is 1.54 bits per heavy atom. The van der Waals surface area contributed by atoms with Crippen LogP contribution in [0, 0.1) is 0 Å². The van der Waals surface area contributed by atoms with Gasteiger partial charge in [-0.1, -0.05) is 89.8 Å². The highest BCUT2D eigenvalue weighted by molar-refractivity contribution is 7.09. The van der Waals surface area contributed by atoms with Gasteiger partial charge in [-0.25, -0.2) is 4.79 Å². The van der Waals surface area contributed by atoms with E-state index in [4.69, 9.17) is 9.26 Å². The average Bonchev–Trinajstić information content (AvgIpc) is 2.65. The molecule has 0 N–H and O–H groups in total. The molecule has 0 heterocycles. The third-order valence-electron chi connectivity index (χ3n) is 4.73. The van der Waals surface area contributed by atoms with E-state index < -0.39 is 6.10 Å². The second kappa shape index (κ2) is 15.2. The summed E-state index contributed by atoms with van der Waals surface area (Å²) in [6.07, 6.45) is 13.5. The quantitative estimate of drug-likeness (QED) is 0.148. The van der Waals surface area contributed by atoms with Crippen LogP contribution in [-0.2, 0) is 15.7 Å². The van der Waals surface area contributed by atoms with Crippen molar-refractivity contribution >= 4 is 15.4 Å². The van der Waals surface area contributed by atoms with Crippen LogP contribution in [0.2, 0.25) is 0 Å². The fraction of sp³-hybridized carbons (Fsp3) is 0.682. The third kappa shape index (κ3) is 9.69. The first-order chi connectivity index (χ1) is 12.7. The van der Waals surface area contributed by atoms with Gasteiger partial charge >= 0.3 is 5.97 Å². The topological polar surface area (TPSA) is 35.5 Å². The van der Waals surface area contributed by atoms with Crippen molar-refractivity contribution in [2.24, 2.45) is 0 Å². The molecule has 0 aliphatic heterocycles. The van der Waals surface area contributed by atoms with E-state index in [-0.39, 0.29) is 5.97 Å². The summed E-state index contributed by atoms with van der Waals surface area (Å²) in [7, 11) is 2.19. The van der Waals surface area contributed by atoms with Gasteiger partial charge in [-0.3, -0.25) is 0 Å². The van der Waals surface area contributed by atoms with Gasteiger partial charge in [0.05, 0.1) is 0 Å². The Balaban J connectivity index is 2.40. The Labute approximate surface area is 162 Å². The fourth-order valence-electron chi connectivity index (χ4n) is 3.06. The van der Waals surface area contributed by atoms with Crippen LogP contribution in [-0.4, -0.2) is 12.1 Å². The predicted molar refractivity (Wildman–Crippen MR) is 112 cm³/mol. The maximum atomic E-state index is 12.3. The highest BCUT2D eigenvalue weighted by Crippen LogP contribution is 2.22. The van der Waals surface area contributed by atoms with Crippen molar-refractivity contribution in [3.05, 3.63) is 29.8 Å². The number of carbonyl (C=O) groups excluding carboxylic acids is 1. The van der Waals surface area contributed by atoms with Crippen molar-refractivity contribution in [2.75, 3.05) is 0 Å². The van der Waals surface area contributed by atoms with E-state index in [1.165, 1.54) is 44.9 Å². The molecular weight excluding hydrogens is 343 g/mol. The normalized spacial score (nSPS) is 12.1. The number of ether oxygens (including phenoxy) is 1. The molecule has 2 atom stereocenters. The summed E-state index contributed by atoms with van der Waals surface area (Å²) >= 11 is 0. The van der Waals surface area contributed by atoms with Crippen molar-refractivity contribution in [3.8, 4) is 5.75 Å². The summed E-state index contributed by atoms with van der Waals surface area (Å²) in [4.78, 5) is 12.3. The molecular formula is C22H37O3P. The largest absolute Gasteiger partial charge is 0.424 e. The molecule has 0 saturated carbocycles. The van der Waals surface area contributed by atoms with Gasteiger partial charge in [0.25, 0.3) is 0 Å². The number of unbranched alkanes of at least 4 members (excludes halogenated alkanes) is 8. The number of benzene rings is 1. The van der Waals surface area contributed by atoms with Crippen molar-refractivity contribution in [2.45, 2.75) is 97.0 Å². The molecule has 3 nitrogen and oxygen atoms in total. The zero-order chi connectivity index (χ0) is 19.0. The SMILES string of the molecule is CCCCCCCCCCc1ccccc1OC(=O)C(CCCC)OP. The van der Waals surface area contributed by atoms with Crippen LogP contribution in [0.25, 0.3) is 0 Å². The van der Waals surface area contributed by atoms with Gasteiger partial charge in [0.15, 0.2) is 6.10 Å². The monoisotopic (exact) mass is 380 g/mol. The number of aryl methyl sites for hydroxylation is 1. The minimum Gasteiger partial charge on any atom is -0.424 e. The molecule has 0 saturated heterocycles. The Morgan fingerprint density at radius 3 is 2.19 bits per heavy atom. The van der Waals surface area contributed by atoms with Crippen molar-refractivity contribution in [1.82, 2.24) is 0 Å². The second-order valence-electron chi connectivity index (χ2n) is 7.02. The molecule has 0 aliphatic carbocycles. The molecule has 26 heavy (non-hydrogen) atoms. The molecule has 1 aromatic carbocycles. The molecule has 0 spiro atoms. The lowest BCUT2D eigenvalue weighted by molar-refractivity contribution is -0.142. The van der Waals surface area contributed by atoms with E-state index in [9.17, 15) is 4.79 Å². The van der Waals surface area contributed by atoms with Gasteiger partial charge in [-0.05, 0) is 30.9 Å². The number of para-hydroxylation sites is 1. The number of carbonyl (C=O) groups is 1. The van der Waals surface area contributed by atoms with E-state index in [1.807, 2.05) is 18.2 Å². The summed E-state index contributed by atoms with van der Waals surface area (Å²) in [6, 6.07) is 7.88. The van der Waals surface area contributed by atoms with Crippen LogP contribution in [0.15, 0.2) is 24.3 Å². The van der Waals surface area contributed by atoms with Crippen LogP contribution in [0.1, 0.15) is 90.0 Å². The van der Waals surface area contributed by atoms with Gasteiger partial charge in [-0.2, -0.15) is 0 Å². The standard InChI is InChI=1S/C22H37O3P/c1-3-5-7-8-9-10-11-12-15-19-16-13-14-18-20(19)24-22(23)21(25-26)17-6-4-2/h13-14,16,18,21H,3-12,15,17,26H2,1-2H3. The molecule has 2 unspecified atom stereocenters. The maximum absolute atomic E-state index is 12.3. The van der Waals surface area contributed by atoms with Gasteiger partial charge in [0.2, 0.25) is 0 Å². The Hall–Kier alpha value is -0.920. The predicted octanol–water partition coefficient (Wildman–Crippen LogP) is 6.64. The molecule has 0 aliphatic rings. The first kappa shape index (κ1) is 23.1. The van der Waals surface area contributed by atoms with Crippen molar-refractivity contribution < 1.29 is 14.1 Å². The van der Waals surface area contributed by atoms with E-state index in [1.54, 1.807) is 0 Å². The Morgan fingerprint density at radius 1 is 0.923 bits per heavy atom. The molecule has 148 valence electrons. The molecule has 0 fully saturated rings. The van der Waals surface area contributed by atoms with Gasteiger partial charge < -0.3 is 9.26 Å². The van der Waals surface area contributed by atoms with Gasteiger partial charge in [0, 0.05) is 9.47 Å². The highest BCUT2D eigenvalue weighted by Gasteiger charge is 2.20. The molecule has 0 bridgehead atoms. The van der Waals surface area contributed by atoms with Gasteiger partial charge in [-0.15, -0.1) is 0 Å². The van der Waals surface area contributed by atoms with Crippen LogP contribution < -0.4 is 4.74 Å². The minimum atomic E-state index is -0.504. The number of hydrogen-bond acceptors (Lipinski definition) is 3. The lowest BCUT2D eigenvalue weighted by Crippen LogP contribution is -2.26. The fourth-order valence-corrected chi connectivity index (χ4v) is 3.31. The van der Waals surface area contributed by atoms with Crippen LogP contribution >= 0.6 is 9.47 Å². The van der Waals surface area contributed by atoms with E-state index in [0.29, 0.717) is 12.2 Å². The number of esters is 1. The Kier molecular flexibility index (Phi) is 13.5. The van der Waals surface area contributed by atoms with Crippen LogP contribution in [0.5, 0.6) is 5.75 Å². The van der Waals surface area contributed by atoms with E-state index >= 15 is 0 Å².